The highest BCUT2D eigenvalue weighted by molar-refractivity contribution is 7.17. The minimum absolute atomic E-state index is 0.294. The second kappa shape index (κ2) is 6.12. The zero-order valence-electron chi connectivity index (χ0n) is 11.2. The van der Waals surface area contributed by atoms with Gasteiger partial charge in [-0.1, -0.05) is 25.2 Å². The summed E-state index contributed by atoms with van der Waals surface area (Å²) in [6, 6.07) is 0. The van der Waals surface area contributed by atoms with Gasteiger partial charge in [-0.2, -0.15) is 0 Å². The molecule has 1 rings (SSSR count). The van der Waals surface area contributed by atoms with Crippen LogP contribution < -0.4 is 4.90 Å². The second-order valence-electron chi connectivity index (χ2n) is 4.74. The molecule has 4 nitrogen and oxygen atoms in total. The normalized spacial score (nSPS) is 11.2. The van der Waals surface area contributed by atoms with E-state index >= 15 is 0 Å². The van der Waals surface area contributed by atoms with Gasteiger partial charge in [0.15, 0.2) is 11.4 Å². The van der Waals surface area contributed by atoms with Crippen LogP contribution in [0.1, 0.15) is 35.1 Å². The number of rotatable bonds is 6. The first-order valence-corrected chi connectivity index (χ1v) is 6.59. The van der Waals surface area contributed by atoms with Crippen LogP contribution in [0.2, 0.25) is 0 Å². The first kappa shape index (κ1) is 14.1. The SMILES string of the molecule is CC(C)c1nc(N(C)CCN(C)C)sc1C=O. The molecule has 0 bridgehead atoms. The second-order valence-corrected chi connectivity index (χ2v) is 5.75. The Balaban J connectivity index is 2.80. The van der Waals surface area contributed by atoms with E-state index in [-0.39, 0.29) is 0 Å². The molecule has 0 saturated carbocycles. The number of carbonyl (C=O) groups excluding carboxylic acids is 1. The van der Waals surface area contributed by atoms with E-state index in [0.717, 1.165) is 35.1 Å². The van der Waals surface area contributed by atoms with Gasteiger partial charge in [-0.3, -0.25) is 4.79 Å². The number of aldehydes is 1. The van der Waals surface area contributed by atoms with Crippen molar-refractivity contribution in [2.75, 3.05) is 39.1 Å². The van der Waals surface area contributed by atoms with Crippen molar-refractivity contribution >= 4 is 22.8 Å². The molecule has 0 aliphatic heterocycles. The van der Waals surface area contributed by atoms with Gasteiger partial charge in [0.1, 0.15) is 0 Å². The van der Waals surface area contributed by atoms with E-state index in [0.29, 0.717) is 5.92 Å². The fourth-order valence-corrected chi connectivity index (χ4v) is 2.46. The number of nitrogens with zero attached hydrogens (tertiary/aromatic N) is 3. The number of hydrogen-bond donors (Lipinski definition) is 0. The Bertz CT molecular complexity index is 374. The summed E-state index contributed by atoms with van der Waals surface area (Å²) in [5, 5.41) is 0.928. The first-order valence-electron chi connectivity index (χ1n) is 5.77. The van der Waals surface area contributed by atoms with Gasteiger partial charge in [-0.05, 0) is 20.0 Å². The quantitative estimate of drug-likeness (QED) is 0.729. The number of aromatic nitrogens is 1. The van der Waals surface area contributed by atoms with Crippen LogP contribution in [0.4, 0.5) is 5.13 Å². The summed E-state index contributed by atoms with van der Waals surface area (Å²) in [5.74, 6) is 0.294. The van der Waals surface area contributed by atoms with Crippen LogP contribution in [-0.4, -0.2) is 50.4 Å². The van der Waals surface area contributed by atoms with Crippen molar-refractivity contribution in [3.8, 4) is 0 Å². The molecule has 5 heteroatoms. The number of likely N-dealkylation sites (N-methyl/N-ethyl adjacent to an activating group) is 2. The molecular formula is C12H21N3OS. The van der Waals surface area contributed by atoms with E-state index < -0.39 is 0 Å². The molecule has 1 heterocycles. The van der Waals surface area contributed by atoms with E-state index in [1.807, 2.05) is 21.1 Å². The Morgan fingerprint density at radius 1 is 1.29 bits per heavy atom. The van der Waals surface area contributed by atoms with Gasteiger partial charge in [0, 0.05) is 20.1 Å². The fraction of sp³-hybridized carbons (Fsp3) is 0.667. The summed E-state index contributed by atoms with van der Waals surface area (Å²) in [5.41, 5.74) is 0.914. The molecule has 0 saturated heterocycles. The molecule has 0 N–H and O–H groups in total. The van der Waals surface area contributed by atoms with Crippen molar-refractivity contribution < 1.29 is 4.79 Å². The molecule has 0 fully saturated rings. The smallest absolute Gasteiger partial charge is 0.186 e. The maximum absolute atomic E-state index is 11.0. The van der Waals surface area contributed by atoms with E-state index in [2.05, 4.69) is 28.6 Å². The largest absolute Gasteiger partial charge is 0.350 e. The lowest BCUT2D eigenvalue weighted by atomic mass is 10.1. The summed E-state index contributed by atoms with van der Waals surface area (Å²) < 4.78 is 0. The van der Waals surface area contributed by atoms with Crippen LogP contribution in [0.5, 0.6) is 0 Å². The summed E-state index contributed by atoms with van der Waals surface area (Å²) >= 11 is 1.48. The first-order chi connectivity index (χ1) is 7.95. The monoisotopic (exact) mass is 255 g/mol. The highest BCUT2D eigenvalue weighted by Gasteiger charge is 2.15. The predicted molar refractivity (Wildman–Crippen MR) is 73.4 cm³/mol. The highest BCUT2D eigenvalue weighted by Crippen LogP contribution is 2.28. The number of carbonyl (C=O) groups is 1. The van der Waals surface area contributed by atoms with Gasteiger partial charge in [0.05, 0.1) is 10.6 Å². The molecule has 0 spiro atoms. The predicted octanol–water partition coefficient (Wildman–Crippen LogP) is 2.08. The van der Waals surface area contributed by atoms with Gasteiger partial charge in [-0.25, -0.2) is 4.98 Å². The van der Waals surface area contributed by atoms with Crippen molar-refractivity contribution in [3.63, 3.8) is 0 Å². The molecule has 0 aliphatic rings. The summed E-state index contributed by atoms with van der Waals surface area (Å²) in [7, 11) is 6.11. The maximum atomic E-state index is 11.0. The molecule has 0 aliphatic carbocycles. The van der Waals surface area contributed by atoms with Crippen molar-refractivity contribution in [1.82, 2.24) is 9.88 Å². The Labute approximate surface area is 107 Å². The number of hydrogen-bond acceptors (Lipinski definition) is 5. The Hall–Kier alpha value is -0.940. The van der Waals surface area contributed by atoms with Gasteiger partial charge in [0.2, 0.25) is 0 Å². The average Bonchev–Trinajstić information content (AvgIpc) is 2.69. The number of anilines is 1. The van der Waals surface area contributed by atoms with Crippen molar-refractivity contribution in [2.24, 2.45) is 0 Å². The molecule has 96 valence electrons. The molecule has 0 radical (unpaired) electrons. The standard InChI is InChI=1S/C12H21N3OS/c1-9(2)11-10(8-16)17-12(13-11)15(5)7-6-14(3)4/h8-9H,6-7H2,1-5H3. The van der Waals surface area contributed by atoms with E-state index in [1.165, 1.54) is 11.3 Å². The van der Waals surface area contributed by atoms with Crippen LogP contribution in [0, 0.1) is 0 Å². The lowest BCUT2D eigenvalue weighted by molar-refractivity contribution is 0.112. The van der Waals surface area contributed by atoms with Crippen LogP contribution in [0.25, 0.3) is 0 Å². The average molecular weight is 255 g/mol. The zero-order chi connectivity index (χ0) is 13.0. The van der Waals surface area contributed by atoms with Gasteiger partial charge in [-0.15, -0.1) is 0 Å². The van der Waals surface area contributed by atoms with Crippen LogP contribution in [0.15, 0.2) is 0 Å². The molecule has 0 amide bonds. The topological polar surface area (TPSA) is 36.4 Å². The van der Waals surface area contributed by atoms with Gasteiger partial charge < -0.3 is 9.80 Å². The van der Waals surface area contributed by atoms with Gasteiger partial charge in [0.25, 0.3) is 0 Å². The van der Waals surface area contributed by atoms with Gasteiger partial charge >= 0.3 is 0 Å². The molecule has 17 heavy (non-hydrogen) atoms. The molecule has 0 unspecified atom stereocenters. The minimum atomic E-state index is 0.294. The lowest BCUT2D eigenvalue weighted by Crippen LogP contribution is -2.28. The van der Waals surface area contributed by atoms with Crippen molar-refractivity contribution in [3.05, 3.63) is 10.6 Å². The Kier molecular flexibility index (Phi) is 5.08. The molecular weight excluding hydrogens is 234 g/mol. The van der Waals surface area contributed by atoms with Crippen LogP contribution in [0.3, 0.4) is 0 Å². The Morgan fingerprint density at radius 3 is 2.35 bits per heavy atom. The third-order valence-corrected chi connectivity index (χ3v) is 3.64. The molecule has 0 atom stereocenters. The third kappa shape index (κ3) is 3.78. The Morgan fingerprint density at radius 2 is 1.94 bits per heavy atom. The summed E-state index contributed by atoms with van der Waals surface area (Å²) in [6.45, 7) is 6.01. The number of thiazole rings is 1. The van der Waals surface area contributed by atoms with E-state index in [1.54, 1.807) is 0 Å². The van der Waals surface area contributed by atoms with Crippen molar-refractivity contribution in [2.45, 2.75) is 19.8 Å². The maximum Gasteiger partial charge on any atom is 0.186 e. The fourth-order valence-electron chi connectivity index (χ4n) is 1.44. The molecule has 1 aromatic heterocycles. The molecule has 0 aromatic carbocycles. The van der Waals surface area contributed by atoms with E-state index in [4.69, 9.17) is 0 Å². The molecule has 1 aromatic rings. The van der Waals surface area contributed by atoms with Crippen LogP contribution >= 0.6 is 11.3 Å². The van der Waals surface area contributed by atoms with E-state index in [9.17, 15) is 4.79 Å². The zero-order valence-corrected chi connectivity index (χ0v) is 12.0. The minimum Gasteiger partial charge on any atom is -0.350 e. The highest BCUT2D eigenvalue weighted by atomic mass is 32.1. The summed E-state index contributed by atoms with van der Waals surface area (Å²) in [4.78, 5) is 20.5. The lowest BCUT2D eigenvalue weighted by Gasteiger charge is -2.18. The van der Waals surface area contributed by atoms with Crippen molar-refractivity contribution in [1.29, 1.82) is 0 Å². The summed E-state index contributed by atoms with van der Waals surface area (Å²) in [6.07, 6.45) is 0.913. The third-order valence-electron chi connectivity index (χ3n) is 2.53. The van der Waals surface area contributed by atoms with Crippen LogP contribution in [-0.2, 0) is 0 Å².